The van der Waals surface area contributed by atoms with E-state index in [1.807, 2.05) is 49.4 Å². The second-order valence-corrected chi connectivity index (χ2v) is 9.60. The van der Waals surface area contributed by atoms with Crippen LogP contribution in [-0.2, 0) is 24.6 Å². The lowest BCUT2D eigenvalue weighted by molar-refractivity contribution is -0.118. The van der Waals surface area contributed by atoms with Gasteiger partial charge in [0.2, 0.25) is 5.91 Å². The summed E-state index contributed by atoms with van der Waals surface area (Å²) in [6.45, 7) is 7.84. The number of hydrogen-bond donors (Lipinski definition) is 2. The minimum absolute atomic E-state index is 0.0581. The number of amides is 1. The quantitative estimate of drug-likeness (QED) is 0.207. The fraction of sp³-hybridized carbons (Fsp3) is 0.242. The summed E-state index contributed by atoms with van der Waals surface area (Å²) < 4.78 is 26.3. The van der Waals surface area contributed by atoms with E-state index in [2.05, 4.69) is 47.9 Å². The average molecular weight is 527 g/mol. The van der Waals surface area contributed by atoms with E-state index in [-0.39, 0.29) is 18.3 Å². The maximum atomic E-state index is 13.9. The molecule has 1 amide bonds. The fourth-order valence-electron chi connectivity index (χ4n) is 4.44. The number of ether oxygens (including phenoxy) is 2. The number of aryl methyl sites for hydroxylation is 1. The Morgan fingerprint density at radius 1 is 0.821 bits per heavy atom. The maximum absolute atomic E-state index is 13.9. The van der Waals surface area contributed by atoms with E-state index in [0.29, 0.717) is 37.7 Å². The van der Waals surface area contributed by atoms with E-state index in [0.717, 1.165) is 22.3 Å². The summed E-state index contributed by atoms with van der Waals surface area (Å²) in [7, 11) is 0. The standard InChI is InChI=1S/C33H35FN2O3/c1-23-16-26(18-30(34)17-23)21-39-33-19-31(13-12-28(33)20-35-14-15-36-25(3)37)38-22-29-10-7-11-32(24(29)2)27-8-5-4-6-9-27/h4-13,16-19,35H,14-15,20-22H2,1-3H3,(H,36,37). The molecule has 2 N–H and O–H groups in total. The topological polar surface area (TPSA) is 59.6 Å². The molecule has 6 heteroatoms. The smallest absolute Gasteiger partial charge is 0.216 e. The van der Waals surface area contributed by atoms with Crippen molar-refractivity contribution in [1.82, 2.24) is 10.6 Å². The summed E-state index contributed by atoms with van der Waals surface area (Å²) in [6, 6.07) is 27.3. The van der Waals surface area contributed by atoms with Crippen LogP contribution in [0.5, 0.6) is 11.5 Å². The summed E-state index contributed by atoms with van der Waals surface area (Å²) in [4.78, 5) is 11.1. The monoisotopic (exact) mass is 526 g/mol. The van der Waals surface area contributed by atoms with Crippen LogP contribution in [0.1, 0.15) is 34.7 Å². The first-order chi connectivity index (χ1) is 18.9. The fourth-order valence-corrected chi connectivity index (χ4v) is 4.44. The Kier molecular flexibility index (Phi) is 9.70. The molecule has 0 bridgehead atoms. The molecule has 0 unspecified atom stereocenters. The highest BCUT2D eigenvalue weighted by Crippen LogP contribution is 2.29. The zero-order chi connectivity index (χ0) is 27.6. The van der Waals surface area contributed by atoms with Gasteiger partial charge in [0, 0.05) is 38.2 Å². The van der Waals surface area contributed by atoms with Crippen molar-refractivity contribution < 1.29 is 18.7 Å². The lowest BCUT2D eigenvalue weighted by atomic mass is 9.97. The van der Waals surface area contributed by atoms with Crippen LogP contribution in [0.3, 0.4) is 0 Å². The van der Waals surface area contributed by atoms with Crippen LogP contribution in [-0.4, -0.2) is 19.0 Å². The Morgan fingerprint density at radius 2 is 1.64 bits per heavy atom. The van der Waals surface area contributed by atoms with Crippen molar-refractivity contribution in [3.05, 3.63) is 119 Å². The number of halogens is 1. The van der Waals surface area contributed by atoms with Crippen molar-refractivity contribution in [1.29, 1.82) is 0 Å². The molecule has 0 fully saturated rings. The normalized spacial score (nSPS) is 10.8. The molecule has 4 aromatic carbocycles. The number of benzene rings is 4. The van der Waals surface area contributed by atoms with Crippen molar-refractivity contribution in [2.45, 2.75) is 40.5 Å². The predicted molar refractivity (Wildman–Crippen MR) is 153 cm³/mol. The lowest BCUT2D eigenvalue weighted by Gasteiger charge is -2.16. The van der Waals surface area contributed by atoms with Crippen LogP contribution < -0.4 is 20.1 Å². The number of carbonyl (C=O) groups excluding carboxylic acids is 1. The highest BCUT2D eigenvalue weighted by Gasteiger charge is 2.10. The molecule has 4 rings (SSSR count). The Labute approximate surface area is 230 Å². The second kappa shape index (κ2) is 13.6. The van der Waals surface area contributed by atoms with Gasteiger partial charge in [-0.1, -0.05) is 60.7 Å². The third-order valence-corrected chi connectivity index (χ3v) is 6.45. The van der Waals surface area contributed by atoms with Crippen LogP contribution in [0.25, 0.3) is 11.1 Å². The van der Waals surface area contributed by atoms with Crippen molar-refractivity contribution in [3.63, 3.8) is 0 Å². The Balaban J connectivity index is 1.48. The molecular formula is C33H35FN2O3. The first-order valence-corrected chi connectivity index (χ1v) is 13.1. The molecule has 0 aliphatic carbocycles. The zero-order valence-corrected chi connectivity index (χ0v) is 22.7. The Morgan fingerprint density at radius 3 is 2.41 bits per heavy atom. The van der Waals surface area contributed by atoms with Crippen LogP contribution in [0.4, 0.5) is 4.39 Å². The molecule has 0 aromatic heterocycles. The average Bonchev–Trinajstić information content (AvgIpc) is 2.91. The molecule has 0 spiro atoms. The van der Waals surface area contributed by atoms with Gasteiger partial charge >= 0.3 is 0 Å². The van der Waals surface area contributed by atoms with Crippen molar-refractivity contribution in [3.8, 4) is 22.6 Å². The van der Waals surface area contributed by atoms with Crippen molar-refractivity contribution >= 4 is 5.91 Å². The van der Waals surface area contributed by atoms with Gasteiger partial charge in [-0.3, -0.25) is 4.79 Å². The molecule has 4 aromatic rings. The van der Waals surface area contributed by atoms with Gasteiger partial charge in [0.15, 0.2) is 0 Å². The van der Waals surface area contributed by atoms with E-state index in [1.54, 1.807) is 0 Å². The van der Waals surface area contributed by atoms with Gasteiger partial charge < -0.3 is 20.1 Å². The molecule has 202 valence electrons. The molecule has 5 nitrogen and oxygen atoms in total. The Hall–Kier alpha value is -4.16. The SMILES string of the molecule is CC(=O)NCCNCc1ccc(OCc2cccc(-c3ccccc3)c2C)cc1OCc1cc(C)cc(F)c1. The van der Waals surface area contributed by atoms with Gasteiger partial charge in [-0.25, -0.2) is 4.39 Å². The van der Waals surface area contributed by atoms with E-state index in [1.165, 1.54) is 35.7 Å². The molecule has 0 saturated heterocycles. The second-order valence-electron chi connectivity index (χ2n) is 9.60. The van der Waals surface area contributed by atoms with Gasteiger partial charge in [-0.05, 0) is 65.4 Å². The van der Waals surface area contributed by atoms with Crippen LogP contribution in [0.15, 0.2) is 84.9 Å². The number of hydrogen-bond acceptors (Lipinski definition) is 4. The van der Waals surface area contributed by atoms with E-state index < -0.39 is 0 Å². The molecule has 0 radical (unpaired) electrons. The first kappa shape index (κ1) is 27.9. The van der Waals surface area contributed by atoms with Gasteiger partial charge in [-0.2, -0.15) is 0 Å². The molecular weight excluding hydrogens is 491 g/mol. The lowest BCUT2D eigenvalue weighted by Crippen LogP contribution is -2.30. The van der Waals surface area contributed by atoms with E-state index in [4.69, 9.17) is 9.47 Å². The van der Waals surface area contributed by atoms with Crippen molar-refractivity contribution in [2.24, 2.45) is 0 Å². The number of nitrogens with one attached hydrogen (secondary N) is 2. The molecule has 0 saturated carbocycles. The summed E-state index contributed by atoms with van der Waals surface area (Å²) in [5.41, 5.74) is 7.21. The summed E-state index contributed by atoms with van der Waals surface area (Å²) in [5.74, 6) is 1.01. The summed E-state index contributed by atoms with van der Waals surface area (Å²) in [6.07, 6.45) is 0. The molecule has 0 atom stereocenters. The predicted octanol–water partition coefficient (Wildman–Crippen LogP) is 6.49. The Bertz CT molecular complexity index is 1390. The third-order valence-electron chi connectivity index (χ3n) is 6.45. The van der Waals surface area contributed by atoms with E-state index in [9.17, 15) is 9.18 Å². The van der Waals surface area contributed by atoms with Crippen LogP contribution >= 0.6 is 0 Å². The number of carbonyl (C=O) groups is 1. The molecule has 39 heavy (non-hydrogen) atoms. The highest BCUT2D eigenvalue weighted by molar-refractivity contribution is 5.72. The minimum Gasteiger partial charge on any atom is -0.489 e. The van der Waals surface area contributed by atoms with Gasteiger partial charge in [0.1, 0.15) is 30.5 Å². The molecule has 0 heterocycles. The minimum atomic E-state index is -0.279. The van der Waals surface area contributed by atoms with Crippen LogP contribution in [0, 0.1) is 19.7 Å². The van der Waals surface area contributed by atoms with Gasteiger partial charge in [0.25, 0.3) is 0 Å². The number of rotatable bonds is 12. The van der Waals surface area contributed by atoms with E-state index >= 15 is 0 Å². The van der Waals surface area contributed by atoms with Gasteiger partial charge in [0.05, 0.1) is 0 Å². The van der Waals surface area contributed by atoms with Gasteiger partial charge in [-0.15, -0.1) is 0 Å². The molecule has 0 aliphatic heterocycles. The summed E-state index contributed by atoms with van der Waals surface area (Å²) >= 11 is 0. The maximum Gasteiger partial charge on any atom is 0.216 e. The zero-order valence-electron chi connectivity index (χ0n) is 22.7. The van der Waals surface area contributed by atoms with Crippen LogP contribution in [0.2, 0.25) is 0 Å². The first-order valence-electron chi connectivity index (χ1n) is 13.1. The molecule has 0 aliphatic rings. The largest absolute Gasteiger partial charge is 0.489 e. The highest BCUT2D eigenvalue weighted by atomic mass is 19.1. The third kappa shape index (κ3) is 8.16. The summed E-state index contributed by atoms with van der Waals surface area (Å²) in [5, 5.41) is 6.10. The van der Waals surface area contributed by atoms with Crippen molar-refractivity contribution in [2.75, 3.05) is 13.1 Å².